The van der Waals surface area contributed by atoms with Crippen molar-refractivity contribution in [2.75, 3.05) is 13.1 Å². The van der Waals surface area contributed by atoms with E-state index >= 15 is 0 Å². The Hall–Kier alpha value is -0.410. The van der Waals surface area contributed by atoms with E-state index in [1.54, 1.807) is 0 Å². The van der Waals surface area contributed by atoms with Gasteiger partial charge in [-0.25, -0.2) is 4.39 Å². The van der Waals surface area contributed by atoms with Gasteiger partial charge in [-0.15, -0.1) is 0 Å². The highest BCUT2D eigenvalue weighted by molar-refractivity contribution is 9.10. The largest absolute Gasteiger partial charge is 0.316 e. The van der Waals surface area contributed by atoms with Crippen LogP contribution in [0.1, 0.15) is 32.8 Å². The summed E-state index contributed by atoms with van der Waals surface area (Å²) in [6.07, 6.45) is 2.11. The molecule has 1 aromatic rings. The molecule has 1 nitrogen and oxygen atoms in total. The summed E-state index contributed by atoms with van der Waals surface area (Å²) in [6.45, 7) is 8.81. The summed E-state index contributed by atoms with van der Waals surface area (Å²) >= 11 is 3.41. The Morgan fingerprint density at radius 2 is 1.94 bits per heavy atom. The van der Waals surface area contributed by atoms with Crippen LogP contribution in [-0.2, 0) is 6.42 Å². The lowest BCUT2D eigenvalue weighted by molar-refractivity contribution is 0.454. The molecule has 0 saturated heterocycles. The van der Waals surface area contributed by atoms with E-state index in [2.05, 4.69) is 42.0 Å². The number of hydrogen-bond donors (Lipinski definition) is 1. The third-order valence-corrected chi connectivity index (χ3v) is 3.71. The van der Waals surface area contributed by atoms with E-state index in [0.717, 1.165) is 30.4 Å². The Kier molecular flexibility index (Phi) is 6.87. The molecule has 0 aliphatic heterocycles. The molecule has 18 heavy (non-hydrogen) atoms. The van der Waals surface area contributed by atoms with Gasteiger partial charge in [0.15, 0.2) is 0 Å². The van der Waals surface area contributed by atoms with Gasteiger partial charge >= 0.3 is 0 Å². The summed E-state index contributed by atoms with van der Waals surface area (Å²) < 4.78 is 13.8. The molecule has 1 aromatic carbocycles. The van der Waals surface area contributed by atoms with Crippen molar-refractivity contribution in [3.05, 3.63) is 34.1 Å². The van der Waals surface area contributed by atoms with Crippen molar-refractivity contribution in [2.45, 2.75) is 33.6 Å². The lowest BCUT2D eigenvalue weighted by Gasteiger charge is -2.14. The number of aryl methyl sites for hydroxylation is 1. The third kappa shape index (κ3) is 5.96. The molecule has 1 N–H and O–H groups in total. The zero-order valence-electron chi connectivity index (χ0n) is 11.5. The van der Waals surface area contributed by atoms with E-state index in [1.807, 2.05) is 6.07 Å². The molecule has 0 aromatic heterocycles. The first-order chi connectivity index (χ1) is 8.49. The van der Waals surface area contributed by atoms with Crippen LogP contribution < -0.4 is 5.32 Å². The minimum absolute atomic E-state index is 0.183. The summed E-state index contributed by atoms with van der Waals surface area (Å²) in [6, 6.07) is 4.94. The van der Waals surface area contributed by atoms with Crippen molar-refractivity contribution in [3.63, 3.8) is 0 Å². The Morgan fingerprint density at radius 3 is 2.56 bits per heavy atom. The van der Waals surface area contributed by atoms with Gasteiger partial charge in [0.1, 0.15) is 5.82 Å². The smallest absolute Gasteiger partial charge is 0.124 e. The Balaban J connectivity index is 2.31. The highest BCUT2D eigenvalue weighted by Gasteiger charge is 2.06. The van der Waals surface area contributed by atoms with Crippen LogP contribution in [0.3, 0.4) is 0 Å². The summed E-state index contributed by atoms with van der Waals surface area (Å²) in [5.74, 6) is 1.15. The summed E-state index contributed by atoms with van der Waals surface area (Å²) in [5.41, 5.74) is 1.19. The van der Waals surface area contributed by atoms with Crippen LogP contribution in [0.5, 0.6) is 0 Å². The number of halogens is 2. The summed E-state index contributed by atoms with van der Waals surface area (Å²) in [4.78, 5) is 0. The number of nitrogens with one attached hydrogen (secondary N) is 1. The van der Waals surface area contributed by atoms with E-state index < -0.39 is 0 Å². The van der Waals surface area contributed by atoms with Crippen LogP contribution in [-0.4, -0.2) is 13.1 Å². The van der Waals surface area contributed by atoms with Gasteiger partial charge in [0.25, 0.3) is 0 Å². The SMILES string of the molecule is CC(C)CNCC(C)CCc1ccc(F)cc1Br. The van der Waals surface area contributed by atoms with Crippen LogP contribution in [0, 0.1) is 17.7 Å². The maximum Gasteiger partial charge on any atom is 0.124 e. The van der Waals surface area contributed by atoms with Gasteiger partial charge in [0, 0.05) is 4.47 Å². The molecular formula is C15H23BrFN. The predicted octanol–water partition coefficient (Wildman–Crippen LogP) is 4.40. The molecule has 0 amide bonds. The average Bonchev–Trinajstić information content (AvgIpc) is 2.27. The third-order valence-electron chi connectivity index (χ3n) is 2.97. The van der Waals surface area contributed by atoms with Gasteiger partial charge in [-0.2, -0.15) is 0 Å². The van der Waals surface area contributed by atoms with E-state index in [1.165, 1.54) is 17.7 Å². The fraction of sp³-hybridized carbons (Fsp3) is 0.600. The number of rotatable bonds is 7. The van der Waals surface area contributed by atoms with Crippen LogP contribution in [0.4, 0.5) is 4.39 Å². The van der Waals surface area contributed by atoms with Crippen molar-refractivity contribution in [1.82, 2.24) is 5.32 Å². The number of benzene rings is 1. The maximum absolute atomic E-state index is 12.9. The molecule has 0 bridgehead atoms. The first kappa shape index (κ1) is 15.6. The van der Waals surface area contributed by atoms with Crippen molar-refractivity contribution in [1.29, 1.82) is 0 Å². The van der Waals surface area contributed by atoms with Crippen LogP contribution >= 0.6 is 15.9 Å². The molecule has 0 fully saturated rings. The topological polar surface area (TPSA) is 12.0 Å². The predicted molar refractivity (Wildman–Crippen MR) is 79.3 cm³/mol. The molecular weight excluding hydrogens is 293 g/mol. The van der Waals surface area contributed by atoms with E-state index in [4.69, 9.17) is 0 Å². The van der Waals surface area contributed by atoms with Crippen LogP contribution in [0.25, 0.3) is 0 Å². The van der Waals surface area contributed by atoms with E-state index in [0.29, 0.717) is 11.8 Å². The molecule has 1 rings (SSSR count). The second-order valence-electron chi connectivity index (χ2n) is 5.43. The normalized spacial score (nSPS) is 13.0. The maximum atomic E-state index is 12.9. The minimum atomic E-state index is -0.183. The molecule has 0 aliphatic rings. The Labute approximate surface area is 118 Å². The van der Waals surface area contributed by atoms with Crippen LogP contribution in [0.15, 0.2) is 22.7 Å². The first-order valence-electron chi connectivity index (χ1n) is 6.63. The zero-order valence-corrected chi connectivity index (χ0v) is 13.1. The molecule has 0 aliphatic carbocycles. The monoisotopic (exact) mass is 315 g/mol. The molecule has 0 saturated carbocycles. The van der Waals surface area contributed by atoms with Gasteiger partial charge in [0.2, 0.25) is 0 Å². The standard InChI is InChI=1S/C15H23BrFN/c1-11(2)9-18-10-12(3)4-5-13-6-7-14(17)8-15(13)16/h6-8,11-12,18H,4-5,9-10H2,1-3H3. The minimum Gasteiger partial charge on any atom is -0.316 e. The fourth-order valence-corrected chi connectivity index (χ4v) is 2.40. The fourth-order valence-electron chi connectivity index (χ4n) is 1.85. The molecule has 3 heteroatoms. The Bertz CT molecular complexity index is 366. The van der Waals surface area contributed by atoms with Gasteiger partial charge in [-0.3, -0.25) is 0 Å². The average molecular weight is 316 g/mol. The molecule has 102 valence electrons. The molecule has 0 heterocycles. The Morgan fingerprint density at radius 1 is 1.22 bits per heavy atom. The van der Waals surface area contributed by atoms with Crippen molar-refractivity contribution in [2.24, 2.45) is 11.8 Å². The highest BCUT2D eigenvalue weighted by atomic mass is 79.9. The van der Waals surface area contributed by atoms with E-state index in [9.17, 15) is 4.39 Å². The summed E-state index contributed by atoms with van der Waals surface area (Å²) in [5, 5.41) is 3.47. The molecule has 0 spiro atoms. The lowest BCUT2D eigenvalue weighted by Crippen LogP contribution is -2.25. The second kappa shape index (κ2) is 7.90. The second-order valence-corrected chi connectivity index (χ2v) is 6.29. The summed E-state index contributed by atoms with van der Waals surface area (Å²) in [7, 11) is 0. The van der Waals surface area contributed by atoms with Gasteiger partial charge in [-0.1, -0.05) is 42.8 Å². The van der Waals surface area contributed by atoms with Crippen molar-refractivity contribution < 1.29 is 4.39 Å². The quantitative estimate of drug-likeness (QED) is 0.786. The van der Waals surface area contributed by atoms with Crippen molar-refractivity contribution in [3.8, 4) is 0 Å². The highest BCUT2D eigenvalue weighted by Crippen LogP contribution is 2.20. The van der Waals surface area contributed by atoms with Crippen LogP contribution in [0.2, 0.25) is 0 Å². The lowest BCUT2D eigenvalue weighted by atomic mass is 10.0. The van der Waals surface area contributed by atoms with E-state index in [-0.39, 0.29) is 5.82 Å². The van der Waals surface area contributed by atoms with Crippen molar-refractivity contribution >= 4 is 15.9 Å². The zero-order chi connectivity index (χ0) is 13.5. The van der Waals surface area contributed by atoms with Gasteiger partial charge in [-0.05, 0) is 55.5 Å². The first-order valence-corrected chi connectivity index (χ1v) is 7.43. The van der Waals surface area contributed by atoms with Gasteiger partial charge < -0.3 is 5.32 Å². The number of hydrogen-bond acceptors (Lipinski definition) is 1. The molecule has 1 unspecified atom stereocenters. The molecule has 0 radical (unpaired) electrons. The van der Waals surface area contributed by atoms with Gasteiger partial charge in [0.05, 0.1) is 0 Å². The molecule has 1 atom stereocenters.